The highest BCUT2D eigenvalue weighted by molar-refractivity contribution is 6.00. The SMILES string of the molecule is CC=CC=CC(=O)Nc1cc(C(=O)OC)ccc1F. The van der Waals surface area contributed by atoms with E-state index in [1.54, 1.807) is 12.2 Å². The summed E-state index contributed by atoms with van der Waals surface area (Å²) in [5, 5.41) is 2.35. The van der Waals surface area contributed by atoms with Crippen LogP contribution in [0.15, 0.2) is 42.5 Å². The molecule has 4 nitrogen and oxygen atoms in total. The lowest BCUT2D eigenvalue weighted by molar-refractivity contribution is -0.111. The molecule has 1 aromatic carbocycles. The van der Waals surface area contributed by atoms with Crippen molar-refractivity contribution in [2.24, 2.45) is 0 Å². The van der Waals surface area contributed by atoms with E-state index in [0.29, 0.717) is 0 Å². The number of anilines is 1. The molecule has 0 heterocycles. The first-order valence-corrected chi connectivity index (χ1v) is 5.56. The molecule has 0 saturated carbocycles. The summed E-state index contributed by atoms with van der Waals surface area (Å²) >= 11 is 0. The predicted octanol–water partition coefficient (Wildman–Crippen LogP) is 2.68. The summed E-state index contributed by atoms with van der Waals surface area (Å²) in [6, 6.07) is 3.60. The fourth-order valence-corrected chi connectivity index (χ4v) is 1.29. The fourth-order valence-electron chi connectivity index (χ4n) is 1.29. The number of benzene rings is 1. The third-order valence-corrected chi connectivity index (χ3v) is 2.20. The van der Waals surface area contributed by atoms with Gasteiger partial charge in [-0.2, -0.15) is 0 Å². The average Bonchev–Trinajstić information content (AvgIpc) is 2.40. The Hall–Kier alpha value is -2.43. The standard InChI is InChI=1S/C14H14FNO3/c1-3-4-5-6-13(17)16-12-9-10(14(18)19-2)7-8-11(12)15/h3-9H,1-2H3,(H,16,17). The highest BCUT2D eigenvalue weighted by Crippen LogP contribution is 2.16. The van der Waals surface area contributed by atoms with Crippen molar-refractivity contribution in [3.63, 3.8) is 0 Å². The third kappa shape index (κ3) is 4.39. The number of methoxy groups -OCH3 is 1. The van der Waals surface area contributed by atoms with Crippen LogP contribution in [0.1, 0.15) is 17.3 Å². The molecular formula is C14H14FNO3. The number of hydrogen-bond donors (Lipinski definition) is 1. The molecular weight excluding hydrogens is 249 g/mol. The second-order valence-corrected chi connectivity index (χ2v) is 3.56. The normalized spacial score (nSPS) is 10.9. The number of ether oxygens (including phenoxy) is 1. The van der Waals surface area contributed by atoms with Gasteiger partial charge in [-0.25, -0.2) is 9.18 Å². The van der Waals surface area contributed by atoms with Crippen LogP contribution in [0.25, 0.3) is 0 Å². The summed E-state index contributed by atoms with van der Waals surface area (Å²) in [4.78, 5) is 22.8. The molecule has 1 amide bonds. The first-order chi connectivity index (χ1) is 9.08. The van der Waals surface area contributed by atoms with E-state index in [9.17, 15) is 14.0 Å². The number of carbonyl (C=O) groups excluding carboxylic acids is 2. The maximum atomic E-state index is 13.5. The van der Waals surface area contributed by atoms with Gasteiger partial charge in [0.25, 0.3) is 0 Å². The topological polar surface area (TPSA) is 55.4 Å². The Morgan fingerprint density at radius 2 is 2.05 bits per heavy atom. The van der Waals surface area contributed by atoms with Crippen LogP contribution in [0.4, 0.5) is 10.1 Å². The molecule has 5 heteroatoms. The first-order valence-electron chi connectivity index (χ1n) is 5.56. The molecule has 19 heavy (non-hydrogen) atoms. The van der Waals surface area contributed by atoms with Gasteiger partial charge in [0, 0.05) is 6.08 Å². The van der Waals surface area contributed by atoms with Crippen molar-refractivity contribution in [2.75, 3.05) is 12.4 Å². The number of carbonyl (C=O) groups is 2. The molecule has 0 fully saturated rings. The van der Waals surface area contributed by atoms with E-state index in [1.165, 1.54) is 31.4 Å². The molecule has 1 rings (SSSR count). The number of hydrogen-bond acceptors (Lipinski definition) is 3. The van der Waals surface area contributed by atoms with Crippen molar-refractivity contribution < 1.29 is 18.7 Å². The number of halogens is 1. The number of esters is 1. The summed E-state index contributed by atoms with van der Waals surface area (Å²) in [7, 11) is 1.23. The average molecular weight is 263 g/mol. The van der Waals surface area contributed by atoms with Gasteiger partial charge in [-0.05, 0) is 25.1 Å². The van der Waals surface area contributed by atoms with Crippen LogP contribution in [-0.4, -0.2) is 19.0 Å². The largest absolute Gasteiger partial charge is 0.465 e. The molecule has 0 atom stereocenters. The summed E-state index contributed by atoms with van der Waals surface area (Å²) < 4.78 is 18.0. The molecule has 1 aromatic rings. The summed E-state index contributed by atoms with van der Waals surface area (Å²) in [6.45, 7) is 1.81. The Kier molecular flexibility index (Phi) is 5.47. The minimum Gasteiger partial charge on any atom is -0.465 e. The van der Waals surface area contributed by atoms with Gasteiger partial charge in [0.1, 0.15) is 5.82 Å². The molecule has 0 aliphatic carbocycles. The predicted molar refractivity (Wildman–Crippen MR) is 70.3 cm³/mol. The number of amides is 1. The smallest absolute Gasteiger partial charge is 0.337 e. The molecule has 100 valence electrons. The Labute approximate surface area is 110 Å². The van der Waals surface area contributed by atoms with Crippen molar-refractivity contribution in [3.8, 4) is 0 Å². The minimum atomic E-state index is -0.625. The molecule has 0 aromatic heterocycles. The Bertz CT molecular complexity index is 535. The van der Waals surface area contributed by atoms with E-state index < -0.39 is 17.7 Å². The Balaban J connectivity index is 2.88. The molecule has 0 aliphatic rings. The van der Waals surface area contributed by atoms with Crippen LogP contribution in [0.2, 0.25) is 0 Å². The van der Waals surface area contributed by atoms with Crippen LogP contribution in [-0.2, 0) is 9.53 Å². The molecule has 0 aliphatic heterocycles. The maximum absolute atomic E-state index is 13.5. The third-order valence-electron chi connectivity index (χ3n) is 2.20. The molecule has 0 spiro atoms. The lowest BCUT2D eigenvalue weighted by Gasteiger charge is -2.06. The zero-order chi connectivity index (χ0) is 14.3. The molecule has 1 N–H and O–H groups in total. The minimum absolute atomic E-state index is 0.0713. The molecule has 0 unspecified atom stereocenters. The van der Waals surface area contributed by atoms with Crippen LogP contribution in [0.3, 0.4) is 0 Å². The van der Waals surface area contributed by atoms with Gasteiger partial charge < -0.3 is 10.1 Å². The fraction of sp³-hybridized carbons (Fsp3) is 0.143. The van der Waals surface area contributed by atoms with Crippen LogP contribution >= 0.6 is 0 Å². The number of nitrogens with one attached hydrogen (secondary N) is 1. The summed E-state index contributed by atoms with van der Waals surface area (Å²) in [5.74, 6) is -1.71. The first kappa shape index (κ1) is 14.6. The lowest BCUT2D eigenvalue weighted by Crippen LogP contribution is -2.11. The van der Waals surface area contributed by atoms with Crippen molar-refractivity contribution >= 4 is 17.6 Å². The van der Waals surface area contributed by atoms with Crippen molar-refractivity contribution in [2.45, 2.75) is 6.92 Å². The lowest BCUT2D eigenvalue weighted by atomic mass is 10.2. The molecule has 0 radical (unpaired) electrons. The van der Waals surface area contributed by atoms with Crippen LogP contribution in [0, 0.1) is 5.82 Å². The summed E-state index contributed by atoms with van der Waals surface area (Å²) in [5.41, 5.74) is 0.0923. The van der Waals surface area contributed by atoms with Gasteiger partial charge in [-0.1, -0.05) is 18.2 Å². The number of allylic oxidation sites excluding steroid dienone is 3. The van der Waals surface area contributed by atoms with Crippen molar-refractivity contribution in [1.82, 2.24) is 0 Å². The van der Waals surface area contributed by atoms with Gasteiger partial charge in [-0.3, -0.25) is 4.79 Å². The second kappa shape index (κ2) is 7.10. The van der Waals surface area contributed by atoms with Gasteiger partial charge in [-0.15, -0.1) is 0 Å². The van der Waals surface area contributed by atoms with E-state index in [1.807, 2.05) is 6.92 Å². The zero-order valence-corrected chi connectivity index (χ0v) is 10.6. The van der Waals surface area contributed by atoms with E-state index >= 15 is 0 Å². The highest BCUT2D eigenvalue weighted by Gasteiger charge is 2.10. The second-order valence-electron chi connectivity index (χ2n) is 3.56. The van der Waals surface area contributed by atoms with Gasteiger partial charge in [0.15, 0.2) is 0 Å². The van der Waals surface area contributed by atoms with E-state index in [4.69, 9.17) is 0 Å². The maximum Gasteiger partial charge on any atom is 0.337 e. The Morgan fingerprint density at radius 3 is 2.68 bits per heavy atom. The zero-order valence-electron chi connectivity index (χ0n) is 10.6. The van der Waals surface area contributed by atoms with E-state index in [0.717, 1.165) is 6.07 Å². The van der Waals surface area contributed by atoms with Gasteiger partial charge in [0.05, 0.1) is 18.4 Å². The van der Waals surface area contributed by atoms with E-state index in [2.05, 4.69) is 10.1 Å². The number of rotatable bonds is 4. The van der Waals surface area contributed by atoms with Gasteiger partial charge in [0.2, 0.25) is 5.91 Å². The van der Waals surface area contributed by atoms with Crippen molar-refractivity contribution in [3.05, 3.63) is 53.9 Å². The summed E-state index contributed by atoms with van der Waals surface area (Å²) in [6.07, 6.45) is 6.20. The van der Waals surface area contributed by atoms with Crippen LogP contribution in [0.5, 0.6) is 0 Å². The van der Waals surface area contributed by atoms with Gasteiger partial charge >= 0.3 is 5.97 Å². The van der Waals surface area contributed by atoms with Crippen molar-refractivity contribution in [1.29, 1.82) is 0 Å². The molecule has 0 saturated heterocycles. The van der Waals surface area contributed by atoms with Crippen LogP contribution < -0.4 is 5.32 Å². The Morgan fingerprint density at radius 1 is 1.32 bits per heavy atom. The highest BCUT2D eigenvalue weighted by atomic mass is 19.1. The quantitative estimate of drug-likeness (QED) is 0.516. The molecule has 0 bridgehead atoms. The monoisotopic (exact) mass is 263 g/mol. The van der Waals surface area contributed by atoms with E-state index in [-0.39, 0.29) is 11.3 Å².